The SMILES string of the molecule is CC(NCC1(N2CCCCC2)CCN(C)CC1)c1cccc(CO)c1. The summed E-state index contributed by atoms with van der Waals surface area (Å²) in [5, 5.41) is 13.2. The molecule has 2 aliphatic heterocycles. The Morgan fingerprint density at radius 1 is 1.12 bits per heavy atom. The van der Waals surface area contributed by atoms with Crippen LogP contribution in [-0.4, -0.2) is 60.2 Å². The van der Waals surface area contributed by atoms with Gasteiger partial charge in [0.25, 0.3) is 0 Å². The Hall–Kier alpha value is -0.940. The quantitative estimate of drug-likeness (QED) is 0.832. The van der Waals surface area contributed by atoms with Crippen molar-refractivity contribution >= 4 is 0 Å². The molecule has 2 N–H and O–H groups in total. The van der Waals surface area contributed by atoms with Crippen LogP contribution in [-0.2, 0) is 6.61 Å². The van der Waals surface area contributed by atoms with Gasteiger partial charge in [-0.15, -0.1) is 0 Å². The van der Waals surface area contributed by atoms with Gasteiger partial charge in [-0.25, -0.2) is 0 Å². The average Bonchev–Trinajstić information content (AvgIpc) is 2.68. The van der Waals surface area contributed by atoms with Crippen molar-refractivity contribution in [1.29, 1.82) is 0 Å². The molecule has 0 bridgehead atoms. The summed E-state index contributed by atoms with van der Waals surface area (Å²) in [4.78, 5) is 5.25. The number of hydrogen-bond acceptors (Lipinski definition) is 4. The fourth-order valence-corrected chi connectivity index (χ4v) is 4.43. The molecule has 140 valence electrons. The van der Waals surface area contributed by atoms with Gasteiger partial charge in [0, 0.05) is 18.1 Å². The van der Waals surface area contributed by atoms with E-state index in [1.165, 1.54) is 63.8 Å². The molecule has 1 atom stereocenters. The topological polar surface area (TPSA) is 38.7 Å². The summed E-state index contributed by atoms with van der Waals surface area (Å²) in [5.74, 6) is 0. The lowest BCUT2D eigenvalue weighted by Gasteiger charge is -2.50. The van der Waals surface area contributed by atoms with Crippen LogP contribution in [0, 0.1) is 0 Å². The zero-order valence-corrected chi connectivity index (χ0v) is 16.0. The second kappa shape index (κ2) is 8.63. The van der Waals surface area contributed by atoms with Gasteiger partial charge in [0.2, 0.25) is 0 Å². The van der Waals surface area contributed by atoms with E-state index in [2.05, 4.69) is 47.3 Å². The smallest absolute Gasteiger partial charge is 0.0681 e. The maximum absolute atomic E-state index is 9.38. The van der Waals surface area contributed by atoms with Crippen molar-refractivity contribution in [3.63, 3.8) is 0 Å². The summed E-state index contributed by atoms with van der Waals surface area (Å²) in [6.45, 7) is 8.35. The molecule has 1 aromatic carbocycles. The first kappa shape index (κ1) is 18.8. The van der Waals surface area contributed by atoms with E-state index < -0.39 is 0 Å². The van der Waals surface area contributed by atoms with Crippen LogP contribution in [0.1, 0.15) is 56.2 Å². The molecular weight excluding hydrogens is 310 g/mol. The Morgan fingerprint density at radius 3 is 2.52 bits per heavy atom. The Morgan fingerprint density at radius 2 is 1.84 bits per heavy atom. The highest BCUT2D eigenvalue weighted by atomic mass is 16.3. The third-order valence-corrected chi connectivity index (χ3v) is 6.32. The van der Waals surface area contributed by atoms with Crippen LogP contribution in [0.25, 0.3) is 0 Å². The Kier molecular flexibility index (Phi) is 6.50. The first-order chi connectivity index (χ1) is 12.1. The van der Waals surface area contributed by atoms with E-state index >= 15 is 0 Å². The third-order valence-electron chi connectivity index (χ3n) is 6.32. The van der Waals surface area contributed by atoms with Crippen molar-refractivity contribution in [3.05, 3.63) is 35.4 Å². The van der Waals surface area contributed by atoms with Gasteiger partial charge in [-0.1, -0.05) is 30.7 Å². The lowest BCUT2D eigenvalue weighted by Crippen LogP contribution is -2.61. The fraction of sp³-hybridized carbons (Fsp3) is 0.714. The van der Waals surface area contributed by atoms with Crippen LogP contribution in [0.5, 0.6) is 0 Å². The highest BCUT2D eigenvalue weighted by molar-refractivity contribution is 5.25. The van der Waals surface area contributed by atoms with Crippen molar-refractivity contribution in [2.75, 3.05) is 39.8 Å². The molecule has 0 aromatic heterocycles. The number of aliphatic hydroxyl groups is 1. The number of rotatable bonds is 6. The van der Waals surface area contributed by atoms with E-state index in [0.29, 0.717) is 11.6 Å². The summed E-state index contributed by atoms with van der Waals surface area (Å²) in [7, 11) is 2.25. The molecule has 2 heterocycles. The number of benzene rings is 1. The van der Waals surface area contributed by atoms with E-state index in [1.54, 1.807) is 0 Å². The van der Waals surface area contributed by atoms with Crippen molar-refractivity contribution in [2.24, 2.45) is 0 Å². The van der Waals surface area contributed by atoms with Gasteiger partial charge in [0.1, 0.15) is 0 Å². The predicted molar refractivity (Wildman–Crippen MR) is 104 cm³/mol. The first-order valence-electron chi connectivity index (χ1n) is 10.00. The zero-order valence-electron chi connectivity index (χ0n) is 16.0. The van der Waals surface area contributed by atoms with Crippen LogP contribution in [0.2, 0.25) is 0 Å². The van der Waals surface area contributed by atoms with E-state index in [1.807, 2.05) is 6.07 Å². The van der Waals surface area contributed by atoms with Crippen molar-refractivity contribution in [2.45, 2.75) is 57.2 Å². The van der Waals surface area contributed by atoms with E-state index in [9.17, 15) is 5.11 Å². The summed E-state index contributed by atoms with van der Waals surface area (Å²) in [6, 6.07) is 8.64. The average molecular weight is 346 g/mol. The maximum atomic E-state index is 9.38. The number of likely N-dealkylation sites (tertiary alicyclic amines) is 2. The Bertz CT molecular complexity index is 534. The minimum atomic E-state index is 0.116. The molecule has 0 spiro atoms. The van der Waals surface area contributed by atoms with Gasteiger partial charge in [0.15, 0.2) is 0 Å². The summed E-state index contributed by atoms with van der Waals surface area (Å²) in [6.07, 6.45) is 6.63. The van der Waals surface area contributed by atoms with Crippen molar-refractivity contribution in [3.8, 4) is 0 Å². The van der Waals surface area contributed by atoms with Crippen LogP contribution in [0.3, 0.4) is 0 Å². The van der Waals surface area contributed by atoms with E-state index in [-0.39, 0.29) is 6.61 Å². The number of aliphatic hydroxyl groups excluding tert-OH is 1. The molecule has 2 saturated heterocycles. The molecule has 0 aliphatic carbocycles. The van der Waals surface area contributed by atoms with Gasteiger partial charge >= 0.3 is 0 Å². The largest absolute Gasteiger partial charge is 0.392 e. The highest BCUT2D eigenvalue weighted by Crippen LogP contribution is 2.31. The maximum Gasteiger partial charge on any atom is 0.0681 e. The molecule has 1 unspecified atom stereocenters. The van der Waals surface area contributed by atoms with Gasteiger partial charge < -0.3 is 15.3 Å². The molecule has 25 heavy (non-hydrogen) atoms. The van der Waals surface area contributed by atoms with Crippen molar-refractivity contribution < 1.29 is 5.11 Å². The lowest BCUT2D eigenvalue weighted by atomic mass is 9.83. The highest BCUT2D eigenvalue weighted by Gasteiger charge is 2.39. The summed E-state index contributed by atoms with van der Waals surface area (Å²) < 4.78 is 0. The number of piperidine rings is 2. The molecule has 2 aliphatic rings. The molecule has 1 aromatic rings. The molecule has 2 fully saturated rings. The number of nitrogens with one attached hydrogen (secondary N) is 1. The molecule has 0 saturated carbocycles. The molecule has 4 nitrogen and oxygen atoms in total. The lowest BCUT2D eigenvalue weighted by molar-refractivity contribution is 0.0129. The minimum Gasteiger partial charge on any atom is -0.392 e. The predicted octanol–water partition coefficient (Wildman–Crippen LogP) is 2.78. The Labute approximate surface area is 153 Å². The van der Waals surface area contributed by atoms with Crippen LogP contribution in [0.15, 0.2) is 24.3 Å². The second-order valence-electron chi connectivity index (χ2n) is 8.08. The van der Waals surface area contributed by atoms with E-state index in [4.69, 9.17) is 0 Å². The van der Waals surface area contributed by atoms with Gasteiger partial charge in [-0.05, 0) is 77.0 Å². The molecule has 0 radical (unpaired) electrons. The standard InChI is InChI=1S/C21H35N3O/c1-18(20-8-6-7-19(15-20)16-25)22-17-21(9-13-23(2)14-10-21)24-11-4-3-5-12-24/h6-8,15,18,22,25H,3-5,9-14,16-17H2,1-2H3. The normalized spacial score (nSPS) is 23.5. The Balaban J connectivity index is 1.67. The number of hydrogen-bond donors (Lipinski definition) is 2. The molecule has 4 heteroatoms. The zero-order chi connectivity index (χ0) is 17.7. The molecular formula is C21H35N3O. The van der Waals surface area contributed by atoms with E-state index in [0.717, 1.165) is 12.1 Å². The summed E-state index contributed by atoms with van der Waals surface area (Å²) in [5.41, 5.74) is 2.58. The summed E-state index contributed by atoms with van der Waals surface area (Å²) >= 11 is 0. The second-order valence-corrected chi connectivity index (χ2v) is 8.08. The fourth-order valence-electron chi connectivity index (χ4n) is 4.43. The van der Waals surface area contributed by atoms with Gasteiger partial charge in [0.05, 0.1) is 6.61 Å². The monoisotopic (exact) mass is 345 g/mol. The van der Waals surface area contributed by atoms with Gasteiger partial charge in [-0.3, -0.25) is 4.90 Å². The molecule has 3 rings (SSSR count). The molecule has 0 amide bonds. The third kappa shape index (κ3) is 4.62. The van der Waals surface area contributed by atoms with Crippen molar-refractivity contribution in [1.82, 2.24) is 15.1 Å². The first-order valence-corrected chi connectivity index (χ1v) is 10.00. The number of nitrogens with zero attached hydrogens (tertiary/aromatic N) is 2. The van der Waals surface area contributed by atoms with Crippen LogP contribution < -0.4 is 5.32 Å². The van der Waals surface area contributed by atoms with Gasteiger partial charge in [-0.2, -0.15) is 0 Å². The van der Waals surface area contributed by atoms with Crippen LogP contribution >= 0.6 is 0 Å². The van der Waals surface area contributed by atoms with Crippen LogP contribution in [0.4, 0.5) is 0 Å². The minimum absolute atomic E-state index is 0.116.